The van der Waals surface area contributed by atoms with E-state index in [2.05, 4.69) is 20.8 Å². The van der Waals surface area contributed by atoms with Crippen molar-refractivity contribution in [3.63, 3.8) is 0 Å². The fourth-order valence-electron chi connectivity index (χ4n) is 6.04. The number of ether oxygens (including phenoxy) is 3. The Hall–Kier alpha value is -1.10. The van der Waals surface area contributed by atoms with Crippen molar-refractivity contribution >= 4 is 11.9 Å². The van der Waals surface area contributed by atoms with Crippen LogP contribution in [0.3, 0.4) is 0 Å². The van der Waals surface area contributed by atoms with E-state index >= 15 is 0 Å². The first-order valence-corrected chi connectivity index (χ1v) is 20.6. The molecule has 0 aromatic carbocycles. The van der Waals surface area contributed by atoms with Crippen molar-refractivity contribution < 1.29 is 23.8 Å². The summed E-state index contributed by atoms with van der Waals surface area (Å²) < 4.78 is 17.0. The molecule has 0 heterocycles. The molecule has 0 spiro atoms. The first-order valence-electron chi connectivity index (χ1n) is 20.6. The average Bonchev–Trinajstić information content (AvgIpc) is 3.05. The molecule has 0 rings (SSSR count). The largest absolute Gasteiger partial charge is 0.462 e. The van der Waals surface area contributed by atoms with Crippen molar-refractivity contribution in [1.29, 1.82) is 0 Å². The Kier molecular flexibility index (Phi) is 37.4. The Morgan fingerprint density at radius 1 is 0.391 bits per heavy atom. The van der Waals surface area contributed by atoms with Gasteiger partial charge in [0.25, 0.3) is 0 Å². The van der Waals surface area contributed by atoms with Gasteiger partial charge in [0.2, 0.25) is 0 Å². The minimum Gasteiger partial charge on any atom is -0.462 e. The molecule has 0 aromatic rings. The van der Waals surface area contributed by atoms with Crippen molar-refractivity contribution in [1.82, 2.24) is 0 Å². The van der Waals surface area contributed by atoms with Gasteiger partial charge in [0.05, 0.1) is 6.61 Å². The van der Waals surface area contributed by atoms with Gasteiger partial charge in [-0.1, -0.05) is 194 Å². The molecule has 0 aliphatic rings. The normalized spacial score (nSPS) is 12.0. The summed E-state index contributed by atoms with van der Waals surface area (Å²) in [6, 6.07) is 0. The van der Waals surface area contributed by atoms with Gasteiger partial charge in [-0.15, -0.1) is 0 Å². The summed E-state index contributed by atoms with van der Waals surface area (Å²) in [5.41, 5.74) is 0. The van der Waals surface area contributed by atoms with Gasteiger partial charge in [-0.25, -0.2) is 0 Å². The lowest BCUT2D eigenvalue weighted by atomic mass is 10.0. The second kappa shape index (κ2) is 38.3. The van der Waals surface area contributed by atoms with Gasteiger partial charge in [0, 0.05) is 19.4 Å². The third-order valence-corrected chi connectivity index (χ3v) is 9.14. The number of hydrogen-bond donors (Lipinski definition) is 0. The summed E-state index contributed by atoms with van der Waals surface area (Å²) in [6.45, 7) is 7.71. The maximum atomic E-state index is 12.4. The smallest absolute Gasteiger partial charge is 0.306 e. The molecule has 0 saturated heterocycles. The van der Waals surface area contributed by atoms with Crippen LogP contribution in [-0.2, 0) is 23.8 Å². The van der Waals surface area contributed by atoms with E-state index in [1.54, 1.807) is 0 Å². The summed E-state index contributed by atoms with van der Waals surface area (Å²) in [7, 11) is 0. The third kappa shape index (κ3) is 35.7. The SMILES string of the molecule is CCCCCCCCCCCCCCCCCCCCCCOCC(COC(=O)CCCCCCC)OC(=O)CCCCCCC. The lowest BCUT2D eigenvalue weighted by Gasteiger charge is -2.18. The van der Waals surface area contributed by atoms with Crippen LogP contribution in [0.15, 0.2) is 0 Å². The topological polar surface area (TPSA) is 61.8 Å². The highest BCUT2D eigenvalue weighted by molar-refractivity contribution is 5.70. The fourth-order valence-corrected chi connectivity index (χ4v) is 6.04. The van der Waals surface area contributed by atoms with Crippen molar-refractivity contribution in [3.05, 3.63) is 0 Å². The zero-order valence-electron chi connectivity index (χ0n) is 31.4. The van der Waals surface area contributed by atoms with Gasteiger partial charge >= 0.3 is 11.9 Å². The maximum absolute atomic E-state index is 12.4. The highest BCUT2D eigenvalue weighted by Crippen LogP contribution is 2.15. The lowest BCUT2D eigenvalue weighted by molar-refractivity contribution is -0.163. The van der Waals surface area contributed by atoms with Crippen LogP contribution >= 0.6 is 0 Å². The molecule has 5 heteroatoms. The molecule has 46 heavy (non-hydrogen) atoms. The fraction of sp³-hybridized carbons (Fsp3) is 0.951. The van der Waals surface area contributed by atoms with Crippen LogP contribution < -0.4 is 0 Å². The maximum Gasteiger partial charge on any atom is 0.306 e. The van der Waals surface area contributed by atoms with Crippen molar-refractivity contribution in [2.24, 2.45) is 0 Å². The molecule has 0 radical (unpaired) electrons. The van der Waals surface area contributed by atoms with Crippen molar-refractivity contribution in [3.8, 4) is 0 Å². The molecule has 0 fully saturated rings. The predicted octanol–water partition coefficient (Wildman–Crippen LogP) is 13.0. The van der Waals surface area contributed by atoms with Gasteiger partial charge in [0.15, 0.2) is 6.10 Å². The van der Waals surface area contributed by atoms with Crippen molar-refractivity contribution in [2.75, 3.05) is 19.8 Å². The molecule has 274 valence electrons. The van der Waals surface area contributed by atoms with E-state index in [1.165, 1.54) is 148 Å². The van der Waals surface area contributed by atoms with Crippen LogP contribution in [0.2, 0.25) is 0 Å². The van der Waals surface area contributed by atoms with E-state index < -0.39 is 6.10 Å². The van der Waals surface area contributed by atoms with E-state index in [-0.39, 0.29) is 18.5 Å². The molecular formula is C41H80O5. The predicted molar refractivity (Wildman–Crippen MR) is 196 cm³/mol. The Morgan fingerprint density at radius 2 is 0.717 bits per heavy atom. The molecular weight excluding hydrogens is 572 g/mol. The number of esters is 2. The monoisotopic (exact) mass is 653 g/mol. The van der Waals surface area contributed by atoms with Crippen LogP contribution in [0, 0.1) is 0 Å². The zero-order valence-corrected chi connectivity index (χ0v) is 31.4. The molecule has 1 unspecified atom stereocenters. The summed E-state index contributed by atoms with van der Waals surface area (Å²) in [5, 5.41) is 0. The molecule has 5 nitrogen and oxygen atoms in total. The molecule has 1 atom stereocenters. The first-order chi connectivity index (χ1) is 22.6. The number of rotatable bonds is 38. The highest BCUT2D eigenvalue weighted by atomic mass is 16.6. The van der Waals surface area contributed by atoms with E-state index in [9.17, 15) is 9.59 Å². The van der Waals surface area contributed by atoms with Crippen LogP contribution in [0.4, 0.5) is 0 Å². The number of unbranched alkanes of at least 4 members (excludes halogenated alkanes) is 27. The zero-order chi connectivity index (χ0) is 33.6. The molecule has 0 aliphatic heterocycles. The Morgan fingerprint density at radius 3 is 1.11 bits per heavy atom. The minimum absolute atomic E-state index is 0.0919. The number of carbonyl (C=O) groups is 2. The highest BCUT2D eigenvalue weighted by Gasteiger charge is 2.17. The summed E-state index contributed by atoms with van der Waals surface area (Å²) in [4.78, 5) is 24.6. The van der Waals surface area contributed by atoms with Gasteiger partial charge in [-0.05, 0) is 19.3 Å². The van der Waals surface area contributed by atoms with Gasteiger partial charge in [-0.3, -0.25) is 9.59 Å². The van der Waals surface area contributed by atoms with Gasteiger partial charge in [-0.2, -0.15) is 0 Å². The average molecular weight is 653 g/mol. The summed E-state index contributed by atoms with van der Waals surface area (Å²) in [6.07, 6.45) is 38.7. The molecule has 0 saturated carbocycles. The molecule has 0 amide bonds. The van der Waals surface area contributed by atoms with E-state index in [1.807, 2.05) is 0 Å². The Balaban J connectivity index is 3.83. The second-order valence-corrected chi connectivity index (χ2v) is 13.9. The summed E-state index contributed by atoms with van der Waals surface area (Å²) >= 11 is 0. The van der Waals surface area contributed by atoms with Crippen LogP contribution in [0.5, 0.6) is 0 Å². The van der Waals surface area contributed by atoms with Crippen molar-refractivity contribution in [2.45, 2.75) is 232 Å². The molecule has 0 aromatic heterocycles. The number of carbonyl (C=O) groups excluding carboxylic acids is 2. The molecule has 0 N–H and O–H groups in total. The van der Waals surface area contributed by atoms with E-state index in [4.69, 9.17) is 14.2 Å². The molecule has 0 aliphatic carbocycles. The molecule has 0 bridgehead atoms. The number of hydrogen-bond acceptors (Lipinski definition) is 5. The van der Waals surface area contributed by atoms with Crippen LogP contribution in [0.1, 0.15) is 226 Å². The summed E-state index contributed by atoms with van der Waals surface area (Å²) in [5.74, 6) is -0.411. The van der Waals surface area contributed by atoms with E-state index in [0.717, 1.165) is 44.9 Å². The van der Waals surface area contributed by atoms with Crippen LogP contribution in [0.25, 0.3) is 0 Å². The lowest BCUT2D eigenvalue weighted by Crippen LogP contribution is -2.30. The Labute approximate surface area is 287 Å². The van der Waals surface area contributed by atoms with Gasteiger partial charge in [0.1, 0.15) is 6.61 Å². The van der Waals surface area contributed by atoms with Crippen LogP contribution in [-0.4, -0.2) is 37.9 Å². The standard InChI is InChI=1S/C41H80O5/c1-4-7-10-13-14-15-16-17-18-19-20-21-22-23-24-25-26-27-30-33-36-44-37-39(46-41(43)35-32-29-12-9-6-3)38-45-40(42)34-31-28-11-8-5-2/h39H,4-38H2,1-3H3. The first kappa shape index (κ1) is 44.9. The van der Waals surface area contributed by atoms with E-state index in [0.29, 0.717) is 26.1 Å². The Bertz CT molecular complexity index is 622. The second-order valence-electron chi connectivity index (χ2n) is 13.9. The van der Waals surface area contributed by atoms with Gasteiger partial charge < -0.3 is 14.2 Å². The minimum atomic E-state index is -0.516. The quantitative estimate of drug-likeness (QED) is 0.0490. The third-order valence-electron chi connectivity index (χ3n) is 9.14.